The van der Waals surface area contributed by atoms with E-state index < -0.39 is 0 Å². The molecule has 0 aliphatic heterocycles. The van der Waals surface area contributed by atoms with Crippen molar-refractivity contribution in [3.8, 4) is 33.4 Å². The molecule has 2 heteroatoms. The maximum atomic E-state index is 2.36. The number of benzene rings is 9. The third-order valence-corrected chi connectivity index (χ3v) is 11.4. The monoisotopic (exact) mass is 679 g/mol. The fourth-order valence-corrected chi connectivity index (χ4v) is 8.76. The van der Waals surface area contributed by atoms with Gasteiger partial charge in [-0.3, -0.25) is 0 Å². The number of fused-ring (bicyclic) bond motifs is 6. The summed E-state index contributed by atoms with van der Waals surface area (Å²) in [6.45, 7) is 0. The number of hydrogen-bond acceptors (Lipinski definition) is 2. The van der Waals surface area contributed by atoms with Crippen LogP contribution in [-0.4, -0.2) is 0 Å². The highest BCUT2D eigenvalue weighted by atomic mass is 32.1. The van der Waals surface area contributed by atoms with Gasteiger partial charge < -0.3 is 4.90 Å². The molecular formula is C50H33NS. The van der Waals surface area contributed by atoms with Crippen LogP contribution >= 0.6 is 11.3 Å². The quantitative estimate of drug-likeness (QED) is 0.158. The first-order chi connectivity index (χ1) is 25.8. The highest BCUT2D eigenvalue weighted by Crippen LogP contribution is 2.40. The van der Waals surface area contributed by atoms with E-state index in [1.54, 1.807) is 0 Å². The zero-order valence-corrected chi connectivity index (χ0v) is 29.2. The van der Waals surface area contributed by atoms with Gasteiger partial charge in [-0.25, -0.2) is 0 Å². The van der Waals surface area contributed by atoms with Crippen molar-refractivity contribution < 1.29 is 0 Å². The van der Waals surface area contributed by atoms with Crippen LogP contribution < -0.4 is 4.90 Å². The Morgan fingerprint density at radius 2 is 0.827 bits per heavy atom. The summed E-state index contributed by atoms with van der Waals surface area (Å²) < 4.78 is 2.66. The van der Waals surface area contributed by atoms with Crippen molar-refractivity contribution in [1.82, 2.24) is 0 Å². The zero-order valence-electron chi connectivity index (χ0n) is 28.4. The van der Waals surface area contributed by atoms with E-state index in [-0.39, 0.29) is 0 Å². The molecular weight excluding hydrogens is 647 g/mol. The molecule has 1 nitrogen and oxygen atoms in total. The van der Waals surface area contributed by atoms with Crippen LogP contribution in [-0.2, 0) is 0 Å². The van der Waals surface area contributed by atoms with Crippen LogP contribution in [0.15, 0.2) is 200 Å². The van der Waals surface area contributed by atoms with Gasteiger partial charge >= 0.3 is 0 Å². The number of hydrogen-bond donors (Lipinski definition) is 0. The summed E-state index contributed by atoms with van der Waals surface area (Å²) in [6.07, 6.45) is 0. The van der Waals surface area contributed by atoms with Crippen LogP contribution in [0.3, 0.4) is 0 Å². The summed E-state index contributed by atoms with van der Waals surface area (Å²) >= 11 is 1.86. The van der Waals surface area contributed by atoms with Gasteiger partial charge in [0.15, 0.2) is 0 Å². The maximum Gasteiger partial charge on any atom is 0.0462 e. The van der Waals surface area contributed by atoms with Gasteiger partial charge in [-0.15, -0.1) is 11.3 Å². The fourth-order valence-electron chi connectivity index (χ4n) is 7.67. The van der Waals surface area contributed by atoms with Gasteiger partial charge in [0, 0.05) is 37.2 Å². The molecule has 10 rings (SSSR count). The Labute approximate surface area is 307 Å². The van der Waals surface area contributed by atoms with Crippen LogP contribution in [0, 0.1) is 0 Å². The lowest BCUT2D eigenvalue weighted by Gasteiger charge is -2.26. The lowest BCUT2D eigenvalue weighted by Crippen LogP contribution is -2.09. The Kier molecular flexibility index (Phi) is 7.41. The predicted molar refractivity (Wildman–Crippen MR) is 225 cm³/mol. The Bertz CT molecular complexity index is 2870. The molecule has 0 spiro atoms. The fraction of sp³-hybridized carbons (Fsp3) is 0. The first kappa shape index (κ1) is 30.4. The minimum Gasteiger partial charge on any atom is -0.311 e. The average molecular weight is 680 g/mol. The van der Waals surface area contributed by atoms with Crippen LogP contribution in [0.1, 0.15) is 0 Å². The number of thiophene rings is 1. The molecule has 0 unspecified atom stereocenters. The number of nitrogens with zero attached hydrogens (tertiary/aromatic N) is 1. The molecule has 0 fully saturated rings. The van der Waals surface area contributed by atoms with Crippen LogP contribution in [0.25, 0.3) is 75.1 Å². The van der Waals surface area contributed by atoms with E-state index in [1.807, 2.05) is 11.3 Å². The second kappa shape index (κ2) is 12.7. The van der Waals surface area contributed by atoms with E-state index in [1.165, 1.54) is 75.1 Å². The summed E-state index contributed by atoms with van der Waals surface area (Å²) in [5.41, 5.74) is 10.6. The molecule has 9 aromatic carbocycles. The van der Waals surface area contributed by atoms with Crippen LogP contribution in [0.5, 0.6) is 0 Å². The minimum atomic E-state index is 1.11. The van der Waals surface area contributed by atoms with Gasteiger partial charge in [-0.1, -0.05) is 146 Å². The molecule has 1 aromatic heterocycles. The van der Waals surface area contributed by atoms with Crippen molar-refractivity contribution in [2.45, 2.75) is 0 Å². The third kappa shape index (κ3) is 5.33. The highest BCUT2D eigenvalue weighted by Gasteiger charge is 2.15. The first-order valence-electron chi connectivity index (χ1n) is 17.8. The van der Waals surface area contributed by atoms with Crippen molar-refractivity contribution in [1.29, 1.82) is 0 Å². The van der Waals surface area contributed by atoms with Gasteiger partial charge in [-0.2, -0.15) is 0 Å². The van der Waals surface area contributed by atoms with Gasteiger partial charge in [0.25, 0.3) is 0 Å². The van der Waals surface area contributed by atoms with Gasteiger partial charge in [0.2, 0.25) is 0 Å². The molecule has 244 valence electrons. The van der Waals surface area contributed by atoms with Crippen LogP contribution in [0.4, 0.5) is 17.1 Å². The van der Waals surface area contributed by atoms with Crippen LogP contribution in [0.2, 0.25) is 0 Å². The van der Waals surface area contributed by atoms with Crippen molar-refractivity contribution in [2.75, 3.05) is 4.90 Å². The molecule has 10 aromatic rings. The summed E-state index contributed by atoms with van der Waals surface area (Å²) in [4.78, 5) is 2.36. The SMILES string of the molecule is c1ccc(-c2ccc(N(c3ccc(-c4ccc5sc6ccccc6c5c4)cc3)c3ccc(-c4cccc5c4ccc4ccccc45)cc3)cc2)cc1. The van der Waals surface area contributed by atoms with E-state index in [9.17, 15) is 0 Å². The largest absolute Gasteiger partial charge is 0.311 e. The molecule has 0 radical (unpaired) electrons. The summed E-state index contributed by atoms with van der Waals surface area (Å²) in [5, 5.41) is 7.75. The Balaban J connectivity index is 1.04. The molecule has 0 aliphatic carbocycles. The predicted octanol–water partition coefficient (Wildman–Crippen LogP) is 14.8. The van der Waals surface area contributed by atoms with Crippen molar-refractivity contribution in [2.24, 2.45) is 0 Å². The van der Waals surface area contributed by atoms with Gasteiger partial charge in [0.05, 0.1) is 0 Å². The summed E-state index contributed by atoms with van der Waals surface area (Å²) in [6, 6.07) is 72.9. The molecule has 0 aliphatic rings. The number of anilines is 3. The molecule has 1 heterocycles. The Morgan fingerprint density at radius 1 is 0.288 bits per heavy atom. The van der Waals surface area contributed by atoms with Crippen molar-refractivity contribution in [3.63, 3.8) is 0 Å². The highest BCUT2D eigenvalue weighted by molar-refractivity contribution is 7.25. The zero-order chi connectivity index (χ0) is 34.4. The molecule has 52 heavy (non-hydrogen) atoms. The Hall–Kier alpha value is -6.48. The normalized spacial score (nSPS) is 11.5. The molecule has 0 bridgehead atoms. The topological polar surface area (TPSA) is 3.24 Å². The standard InChI is InChI=1S/C50H33NS/c1-2-9-34(10-3-1)35-17-25-40(26-18-35)51(41-27-19-36(20-28-41)39-24-32-50-48(33-39)47-13-6-7-16-49(47)52-50)42-29-21-38(22-30-42)44-14-8-15-45-43-12-5-4-11-37(43)23-31-46(44)45/h1-33H. The second-order valence-corrected chi connectivity index (χ2v) is 14.4. The van der Waals surface area contributed by atoms with E-state index >= 15 is 0 Å². The van der Waals surface area contributed by atoms with E-state index in [0.29, 0.717) is 0 Å². The molecule has 0 atom stereocenters. The van der Waals surface area contributed by atoms with E-state index in [0.717, 1.165) is 17.1 Å². The number of rotatable bonds is 6. The van der Waals surface area contributed by atoms with E-state index in [4.69, 9.17) is 0 Å². The van der Waals surface area contributed by atoms with Gasteiger partial charge in [0.1, 0.15) is 0 Å². The van der Waals surface area contributed by atoms with Crippen molar-refractivity contribution >= 4 is 70.1 Å². The average Bonchev–Trinajstić information content (AvgIpc) is 3.60. The molecule has 0 saturated carbocycles. The lowest BCUT2D eigenvalue weighted by atomic mass is 9.94. The van der Waals surface area contributed by atoms with E-state index in [2.05, 4.69) is 205 Å². The molecule has 0 saturated heterocycles. The smallest absolute Gasteiger partial charge is 0.0462 e. The first-order valence-corrected chi connectivity index (χ1v) is 18.6. The maximum absolute atomic E-state index is 2.36. The van der Waals surface area contributed by atoms with Crippen molar-refractivity contribution in [3.05, 3.63) is 200 Å². The minimum absolute atomic E-state index is 1.11. The second-order valence-electron chi connectivity index (χ2n) is 13.3. The molecule has 0 N–H and O–H groups in total. The third-order valence-electron chi connectivity index (χ3n) is 10.3. The molecule has 0 amide bonds. The Morgan fingerprint density at radius 3 is 1.56 bits per heavy atom. The lowest BCUT2D eigenvalue weighted by molar-refractivity contribution is 1.28. The summed E-state index contributed by atoms with van der Waals surface area (Å²) in [7, 11) is 0. The summed E-state index contributed by atoms with van der Waals surface area (Å²) in [5.74, 6) is 0. The van der Waals surface area contributed by atoms with Gasteiger partial charge in [-0.05, 0) is 110 Å².